The van der Waals surface area contributed by atoms with Crippen molar-refractivity contribution in [3.63, 3.8) is 0 Å². The quantitative estimate of drug-likeness (QED) is 0.389. The fraction of sp³-hybridized carbons (Fsp3) is 0.375. The van der Waals surface area contributed by atoms with Gasteiger partial charge in [-0.3, -0.25) is 4.79 Å². The van der Waals surface area contributed by atoms with E-state index in [1.54, 1.807) is 12.0 Å². The average molecular weight is 421 g/mol. The van der Waals surface area contributed by atoms with Gasteiger partial charge in [-0.25, -0.2) is 4.79 Å². The molecule has 0 unspecified atom stereocenters. The van der Waals surface area contributed by atoms with Crippen LogP contribution >= 0.6 is 0 Å². The Morgan fingerprint density at radius 3 is 2.77 bits per heavy atom. The minimum atomic E-state index is -0.803. The van der Waals surface area contributed by atoms with Crippen molar-refractivity contribution >= 4 is 23.6 Å². The molecule has 2 heterocycles. The number of ether oxygens (including phenoxy) is 2. The molecule has 31 heavy (non-hydrogen) atoms. The van der Waals surface area contributed by atoms with Crippen LogP contribution < -0.4 is 4.90 Å². The zero-order chi connectivity index (χ0) is 22.4. The number of aromatic nitrogens is 1. The molecule has 0 saturated heterocycles. The minimum absolute atomic E-state index is 0.140. The third-order valence-electron chi connectivity index (χ3n) is 5.51. The van der Waals surface area contributed by atoms with Crippen LogP contribution in [0.15, 0.2) is 35.9 Å². The van der Waals surface area contributed by atoms with Crippen LogP contribution in [0.1, 0.15) is 28.9 Å². The van der Waals surface area contributed by atoms with Crippen molar-refractivity contribution < 1.29 is 19.1 Å². The van der Waals surface area contributed by atoms with Gasteiger partial charge in [0.1, 0.15) is 11.6 Å². The zero-order valence-electron chi connectivity index (χ0n) is 18.2. The number of hydrogen-bond donors (Lipinski definition) is 0. The Morgan fingerprint density at radius 1 is 1.26 bits per heavy atom. The first-order valence-electron chi connectivity index (χ1n) is 10.3. The molecule has 0 N–H and O–H groups in total. The first-order chi connectivity index (χ1) is 15.0. The fourth-order valence-corrected chi connectivity index (χ4v) is 3.87. The maximum atomic E-state index is 12.7. The number of nitriles is 1. The number of esters is 1. The molecular weight excluding hydrogens is 394 g/mol. The molecule has 0 spiro atoms. The van der Waals surface area contributed by atoms with Gasteiger partial charge >= 0.3 is 5.97 Å². The SMILES string of the molecule is COCCn1c(C)cc(/C=C(\C#N)C(=O)OCC(=O)N2CCCc3ccccc32)c1C. The van der Waals surface area contributed by atoms with Gasteiger partial charge in [0.15, 0.2) is 6.61 Å². The fourth-order valence-electron chi connectivity index (χ4n) is 3.87. The Kier molecular flexibility index (Phi) is 7.27. The highest BCUT2D eigenvalue weighted by molar-refractivity contribution is 6.01. The summed E-state index contributed by atoms with van der Waals surface area (Å²) < 4.78 is 12.4. The number of rotatable bonds is 7. The summed E-state index contributed by atoms with van der Waals surface area (Å²) in [5.74, 6) is -1.10. The molecule has 1 amide bonds. The van der Waals surface area contributed by atoms with E-state index >= 15 is 0 Å². The molecule has 2 aromatic rings. The molecule has 3 rings (SSSR count). The summed E-state index contributed by atoms with van der Waals surface area (Å²) in [6.07, 6.45) is 3.29. The van der Waals surface area contributed by atoms with Crippen LogP contribution in [0.5, 0.6) is 0 Å². The highest BCUT2D eigenvalue weighted by atomic mass is 16.5. The number of para-hydroxylation sites is 1. The van der Waals surface area contributed by atoms with Gasteiger partial charge in [0.25, 0.3) is 5.91 Å². The van der Waals surface area contributed by atoms with E-state index < -0.39 is 12.6 Å². The van der Waals surface area contributed by atoms with Crippen molar-refractivity contribution in [2.45, 2.75) is 33.2 Å². The number of nitrogens with zero attached hydrogens (tertiary/aromatic N) is 3. The van der Waals surface area contributed by atoms with Crippen LogP contribution in [0.25, 0.3) is 6.08 Å². The standard InChI is InChI=1S/C24H27N3O4/c1-17-13-20(18(2)26(17)11-12-30-3)14-21(15-25)24(29)31-16-23(28)27-10-6-8-19-7-4-5-9-22(19)27/h4-5,7,9,13-14H,6,8,10-12,16H2,1-3H3/b21-14+. The molecule has 162 valence electrons. The van der Waals surface area contributed by atoms with E-state index in [1.165, 1.54) is 6.08 Å². The number of methoxy groups -OCH3 is 1. The maximum Gasteiger partial charge on any atom is 0.349 e. The van der Waals surface area contributed by atoms with Gasteiger partial charge in [0.05, 0.1) is 6.61 Å². The van der Waals surface area contributed by atoms with E-state index in [-0.39, 0.29) is 11.5 Å². The van der Waals surface area contributed by atoms with Crippen LogP contribution in [0.4, 0.5) is 5.69 Å². The van der Waals surface area contributed by atoms with E-state index in [4.69, 9.17) is 9.47 Å². The molecule has 0 saturated carbocycles. The van der Waals surface area contributed by atoms with Crippen LogP contribution in [-0.2, 0) is 32.0 Å². The second kappa shape index (κ2) is 10.1. The van der Waals surface area contributed by atoms with Gasteiger partial charge in [-0.1, -0.05) is 18.2 Å². The van der Waals surface area contributed by atoms with Gasteiger partial charge in [0.2, 0.25) is 0 Å². The number of carbonyl (C=O) groups is 2. The zero-order valence-corrected chi connectivity index (χ0v) is 18.2. The van der Waals surface area contributed by atoms with Gasteiger partial charge in [-0.15, -0.1) is 0 Å². The second-order valence-electron chi connectivity index (χ2n) is 7.49. The van der Waals surface area contributed by atoms with Gasteiger partial charge in [0, 0.05) is 37.3 Å². The third-order valence-corrected chi connectivity index (χ3v) is 5.51. The lowest BCUT2D eigenvalue weighted by Gasteiger charge is -2.29. The molecule has 7 heteroatoms. The molecule has 0 aliphatic carbocycles. The predicted octanol–water partition coefficient (Wildman–Crippen LogP) is 3.18. The molecule has 1 aliphatic rings. The topological polar surface area (TPSA) is 84.6 Å². The summed E-state index contributed by atoms with van der Waals surface area (Å²) in [7, 11) is 1.64. The summed E-state index contributed by atoms with van der Waals surface area (Å²) in [5, 5.41) is 9.47. The van der Waals surface area contributed by atoms with Gasteiger partial charge < -0.3 is 18.9 Å². The number of anilines is 1. The Hall–Kier alpha value is -3.37. The van der Waals surface area contributed by atoms with Crippen LogP contribution in [-0.4, -0.2) is 43.3 Å². The Morgan fingerprint density at radius 2 is 2.03 bits per heavy atom. The Balaban J connectivity index is 1.69. The Labute approximate surface area is 182 Å². The van der Waals surface area contributed by atoms with E-state index in [1.807, 2.05) is 50.2 Å². The van der Waals surface area contributed by atoms with Crippen molar-refractivity contribution in [3.8, 4) is 6.07 Å². The summed E-state index contributed by atoms with van der Waals surface area (Å²) in [6, 6.07) is 11.5. The second-order valence-corrected chi connectivity index (χ2v) is 7.49. The highest BCUT2D eigenvalue weighted by Gasteiger charge is 2.24. The molecule has 1 aromatic heterocycles. The molecule has 0 fully saturated rings. The number of amides is 1. The van der Waals surface area contributed by atoms with E-state index in [2.05, 4.69) is 4.57 Å². The molecular formula is C24H27N3O4. The van der Waals surface area contributed by atoms with Crippen molar-refractivity contribution in [1.29, 1.82) is 5.26 Å². The van der Waals surface area contributed by atoms with E-state index in [9.17, 15) is 14.9 Å². The molecule has 0 radical (unpaired) electrons. The van der Waals surface area contributed by atoms with Crippen LogP contribution in [0, 0.1) is 25.2 Å². The van der Waals surface area contributed by atoms with Crippen molar-refractivity contribution in [3.05, 3.63) is 58.4 Å². The van der Waals surface area contributed by atoms with Crippen molar-refractivity contribution in [2.24, 2.45) is 0 Å². The molecule has 7 nitrogen and oxygen atoms in total. The average Bonchev–Trinajstić information content (AvgIpc) is 3.05. The highest BCUT2D eigenvalue weighted by Crippen LogP contribution is 2.26. The lowest BCUT2D eigenvalue weighted by Crippen LogP contribution is -2.38. The maximum absolute atomic E-state index is 12.7. The molecule has 0 atom stereocenters. The first-order valence-corrected chi connectivity index (χ1v) is 10.3. The summed E-state index contributed by atoms with van der Waals surface area (Å²) in [4.78, 5) is 26.8. The van der Waals surface area contributed by atoms with Crippen LogP contribution in [0.3, 0.4) is 0 Å². The van der Waals surface area contributed by atoms with Crippen molar-refractivity contribution in [2.75, 3.05) is 31.8 Å². The lowest BCUT2D eigenvalue weighted by molar-refractivity contribution is -0.143. The third kappa shape index (κ3) is 5.04. The molecule has 1 aromatic carbocycles. The smallest absolute Gasteiger partial charge is 0.349 e. The number of aryl methyl sites for hydroxylation is 2. The number of benzene rings is 1. The first kappa shape index (κ1) is 22.3. The molecule has 1 aliphatic heterocycles. The number of fused-ring (bicyclic) bond motifs is 1. The van der Waals surface area contributed by atoms with Crippen molar-refractivity contribution in [1.82, 2.24) is 4.57 Å². The largest absolute Gasteiger partial charge is 0.451 e. The Bertz CT molecular complexity index is 1050. The molecule has 0 bridgehead atoms. The van der Waals surface area contributed by atoms with Crippen LogP contribution in [0.2, 0.25) is 0 Å². The monoisotopic (exact) mass is 421 g/mol. The lowest BCUT2D eigenvalue weighted by atomic mass is 10.0. The summed E-state index contributed by atoms with van der Waals surface area (Å²) in [5.41, 5.74) is 4.52. The van der Waals surface area contributed by atoms with Gasteiger partial charge in [-0.2, -0.15) is 5.26 Å². The summed E-state index contributed by atoms with van der Waals surface area (Å²) >= 11 is 0. The number of carbonyl (C=O) groups excluding carboxylic acids is 2. The van der Waals surface area contributed by atoms with E-state index in [0.717, 1.165) is 41.0 Å². The number of hydrogen-bond acceptors (Lipinski definition) is 5. The normalized spacial score (nSPS) is 13.5. The van der Waals surface area contributed by atoms with Gasteiger partial charge in [-0.05, 0) is 56.0 Å². The minimum Gasteiger partial charge on any atom is -0.451 e. The van der Waals surface area contributed by atoms with E-state index in [0.29, 0.717) is 19.7 Å². The summed E-state index contributed by atoms with van der Waals surface area (Å²) in [6.45, 7) is 5.31. The predicted molar refractivity (Wildman–Crippen MR) is 117 cm³/mol.